The van der Waals surface area contributed by atoms with Crippen LogP contribution in [0, 0.1) is 12.8 Å². The molecular formula is C24H29N5O2. The van der Waals surface area contributed by atoms with Gasteiger partial charge in [0.25, 0.3) is 5.56 Å². The molecule has 2 aromatic heterocycles. The third kappa shape index (κ3) is 2.86. The molecule has 2 aliphatic heterocycles. The van der Waals surface area contributed by atoms with Gasteiger partial charge in [-0.3, -0.25) is 19.5 Å². The van der Waals surface area contributed by atoms with Crippen LogP contribution in [-0.4, -0.2) is 15.5 Å². The van der Waals surface area contributed by atoms with Crippen molar-refractivity contribution in [2.75, 3.05) is 10.6 Å². The van der Waals surface area contributed by atoms with Crippen LogP contribution in [-0.2, 0) is 23.4 Å². The van der Waals surface area contributed by atoms with Crippen molar-refractivity contribution in [3.05, 3.63) is 45.0 Å². The number of nitrogens with zero attached hydrogens (tertiary/aromatic N) is 2. The maximum absolute atomic E-state index is 13.7. The number of amides is 1. The van der Waals surface area contributed by atoms with Gasteiger partial charge in [-0.05, 0) is 62.1 Å². The lowest BCUT2D eigenvalue weighted by atomic mass is 9.85. The highest BCUT2D eigenvalue weighted by molar-refractivity contribution is 5.93. The highest BCUT2D eigenvalue weighted by Gasteiger charge is 2.42. The van der Waals surface area contributed by atoms with Crippen LogP contribution in [0.3, 0.4) is 0 Å². The van der Waals surface area contributed by atoms with Gasteiger partial charge in [0.05, 0.1) is 5.66 Å². The second kappa shape index (κ2) is 6.92. The number of anilines is 3. The molecule has 4 aliphatic rings. The van der Waals surface area contributed by atoms with Crippen molar-refractivity contribution >= 4 is 23.1 Å². The molecule has 6 rings (SSSR count). The van der Waals surface area contributed by atoms with Crippen LogP contribution in [0.15, 0.2) is 17.1 Å². The molecule has 0 bridgehead atoms. The Morgan fingerprint density at radius 2 is 2.03 bits per heavy atom. The molecule has 0 unspecified atom stereocenters. The van der Waals surface area contributed by atoms with Crippen molar-refractivity contribution in [1.82, 2.24) is 14.9 Å². The first kappa shape index (κ1) is 19.0. The van der Waals surface area contributed by atoms with E-state index >= 15 is 0 Å². The van der Waals surface area contributed by atoms with Gasteiger partial charge in [-0.2, -0.15) is 0 Å². The Labute approximate surface area is 181 Å². The fraction of sp³-hybridized carbons (Fsp3) is 0.542. The lowest BCUT2D eigenvalue weighted by molar-refractivity contribution is -0.122. The molecule has 1 spiro atoms. The minimum absolute atomic E-state index is 0.0500. The van der Waals surface area contributed by atoms with E-state index in [2.05, 4.69) is 32.4 Å². The molecule has 3 N–H and O–H groups in total. The topological polar surface area (TPSA) is 88.0 Å². The van der Waals surface area contributed by atoms with Crippen LogP contribution in [0.25, 0.3) is 0 Å². The second-order valence-corrected chi connectivity index (χ2v) is 9.66. The summed E-state index contributed by atoms with van der Waals surface area (Å²) >= 11 is 0. The van der Waals surface area contributed by atoms with Gasteiger partial charge in [0.1, 0.15) is 11.5 Å². The van der Waals surface area contributed by atoms with Crippen molar-refractivity contribution in [2.24, 2.45) is 5.92 Å². The van der Waals surface area contributed by atoms with Gasteiger partial charge in [-0.1, -0.05) is 12.8 Å². The lowest BCUT2D eigenvalue weighted by Crippen LogP contribution is -2.48. The summed E-state index contributed by atoms with van der Waals surface area (Å²) in [6.07, 6.45) is 11.1. The van der Waals surface area contributed by atoms with E-state index in [1.165, 1.54) is 12.0 Å². The van der Waals surface area contributed by atoms with E-state index in [9.17, 15) is 9.59 Å². The summed E-state index contributed by atoms with van der Waals surface area (Å²) in [6.45, 7) is 2.90. The van der Waals surface area contributed by atoms with Gasteiger partial charge < -0.3 is 10.6 Å². The molecular weight excluding hydrogens is 390 g/mol. The summed E-state index contributed by atoms with van der Waals surface area (Å²) < 4.78 is 2.05. The van der Waals surface area contributed by atoms with Gasteiger partial charge in [-0.15, -0.1) is 0 Å². The van der Waals surface area contributed by atoms with Gasteiger partial charge in [-0.25, -0.2) is 4.98 Å². The van der Waals surface area contributed by atoms with Crippen LogP contribution in [0.4, 0.5) is 17.2 Å². The van der Waals surface area contributed by atoms with Crippen molar-refractivity contribution in [3.63, 3.8) is 0 Å². The Morgan fingerprint density at radius 1 is 1.23 bits per heavy atom. The van der Waals surface area contributed by atoms with Crippen molar-refractivity contribution in [2.45, 2.75) is 76.9 Å². The smallest absolute Gasteiger partial charge is 0.276 e. The van der Waals surface area contributed by atoms with Gasteiger partial charge in [0.15, 0.2) is 0 Å². The molecule has 0 atom stereocenters. The normalized spacial score (nSPS) is 20.9. The largest absolute Gasteiger partial charge is 0.350 e. The Morgan fingerprint density at radius 3 is 2.77 bits per heavy atom. The molecule has 0 radical (unpaired) electrons. The maximum atomic E-state index is 13.7. The summed E-state index contributed by atoms with van der Waals surface area (Å²) in [7, 11) is 0. The predicted molar refractivity (Wildman–Crippen MR) is 120 cm³/mol. The maximum Gasteiger partial charge on any atom is 0.276 e. The number of aromatic nitrogens is 2. The van der Waals surface area contributed by atoms with Crippen LogP contribution >= 0.6 is 0 Å². The minimum Gasteiger partial charge on any atom is -0.350 e. The zero-order valence-electron chi connectivity index (χ0n) is 18.0. The molecule has 0 saturated heterocycles. The van der Waals surface area contributed by atoms with E-state index in [1.807, 2.05) is 12.3 Å². The zero-order chi connectivity index (χ0) is 21.2. The summed E-state index contributed by atoms with van der Waals surface area (Å²) in [6, 6.07) is 1.87. The standard InChI is InChI=1S/C24H29N5O2/c1-14-17-10-16-12-25-20(28-22(30)15-6-5-7-15)11-18(16)27-21(17)23(31)29-19(14)13-26-24(29)8-3-2-4-9-24/h11-12,15,26-27H,2-10,13H2,1H3,(H,25,28,30). The van der Waals surface area contributed by atoms with E-state index in [0.29, 0.717) is 17.9 Å². The third-order valence-electron chi connectivity index (χ3n) is 7.91. The molecule has 2 aliphatic carbocycles. The first-order valence-electron chi connectivity index (χ1n) is 11.7. The molecule has 7 heteroatoms. The molecule has 1 amide bonds. The first-order valence-corrected chi connectivity index (χ1v) is 11.7. The molecule has 31 heavy (non-hydrogen) atoms. The Kier molecular flexibility index (Phi) is 4.25. The van der Waals surface area contributed by atoms with Crippen LogP contribution in [0.5, 0.6) is 0 Å². The summed E-state index contributed by atoms with van der Waals surface area (Å²) in [5.41, 5.74) is 5.86. The Bertz CT molecular complexity index is 1140. The number of nitrogens with one attached hydrogen (secondary N) is 3. The van der Waals surface area contributed by atoms with E-state index in [0.717, 1.165) is 74.0 Å². The molecule has 2 saturated carbocycles. The van der Waals surface area contributed by atoms with Crippen molar-refractivity contribution < 1.29 is 4.79 Å². The zero-order valence-corrected chi connectivity index (χ0v) is 18.0. The second-order valence-electron chi connectivity index (χ2n) is 9.66. The minimum atomic E-state index is -0.230. The molecule has 162 valence electrons. The molecule has 7 nitrogen and oxygen atoms in total. The van der Waals surface area contributed by atoms with E-state index < -0.39 is 0 Å². The quantitative estimate of drug-likeness (QED) is 0.590. The highest BCUT2D eigenvalue weighted by Crippen LogP contribution is 2.41. The van der Waals surface area contributed by atoms with Crippen molar-refractivity contribution in [1.29, 1.82) is 0 Å². The number of hydrogen-bond acceptors (Lipinski definition) is 5. The number of pyridine rings is 2. The lowest BCUT2D eigenvalue weighted by Gasteiger charge is -2.36. The van der Waals surface area contributed by atoms with Crippen LogP contribution < -0.4 is 21.5 Å². The summed E-state index contributed by atoms with van der Waals surface area (Å²) in [5.74, 6) is 0.713. The fourth-order valence-corrected chi connectivity index (χ4v) is 5.80. The van der Waals surface area contributed by atoms with Crippen LogP contribution in [0.1, 0.15) is 73.8 Å². The average molecular weight is 420 g/mol. The monoisotopic (exact) mass is 419 g/mol. The van der Waals surface area contributed by atoms with Crippen molar-refractivity contribution in [3.8, 4) is 0 Å². The number of rotatable bonds is 2. The number of carbonyl (C=O) groups excluding carboxylic acids is 1. The van der Waals surface area contributed by atoms with E-state index in [-0.39, 0.29) is 23.0 Å². The predicted octanol–water partition coefficient (Wildman–Crippen LogP) is 3.66. The molecule has 4 heterocycles. The summed E-state index contributed by atoms with van der Waals surface area (Å²) in [4.78, 5) is 30.5. The van der Waals surface area contributed by atoms with Crippen LogP contribution in [0.2, 0.25) is 0 Å². The third-order valence-corrected chi connectivity index (χ3v) is 7.91. The van der Waals surface area contributed by atoms with Gasteiger partial charge in [0, 0.05) is 42.5 Å². The number of carbonyl (C=O) groups is 1. The van der Waals surface area contributed by atoms with Gasteiger partial charge >= 0.3 is 0 Å². The Balaban J connectivity index is 1.37. The highest BCUT2D eigenvalue weighted by atomic mass is 16.2. The average Bonchev–Trinajstić information content (AvgIpc) is 3.09. The number of hydrogen-bond donors (Lipinski definition) is 3. The van der Waals surface area contributed by atoms with E-state index in [4.69, 9.17) is 0 Å². The molecule has 2 fully saturated rings. The summed E-state index contributed by atoms with van der Waals surface area (Å²) in [5, 5.41) is 10.1. The fourth-order valence-electron chi connectivity index (χ4n) is 5.80. The number of fused-ring (bicyclic) bond motifs is 4. The molecule has 0 aromatic carbocycles. The first-order chi connectivity index (χ1) is 15.1. The van der Waals surface area contributed by atoms with E-state index in [1.54, 1.807) is 0 Å². The molecule has 2 aromatic rings. The SMILES string of the molecule is Cc1c2c(c(=O)n3c1CNC31CCCCC1)Nc1cc(NC(=O)C3CCC3)ncc1C2. The van der Waals surface area contributed by atoms with Gasteiger partial charge in [0.2, 0.25) is 5.91 Å². The Hall–Kier alpha value is -2.67.